The van der Waals surface area contributed by atoms with Crippen LogP contribution in [0.15, 0.2) is 12.4 Å². The van der Waals surface area contributed by atoms with Gasteiger partial charge < -0.3 is 11.1 Å². The number of hydrogen-bond acceptors (Lipinski definition) is 5. The Labute approximate surface area is 109 Å². The van der Waals surface area contributed by atoms with E-state index in [9.17, 15) is 4.79 Å². The zero-order valence-electron chi connectivity index (χ0n) is 10.5. The summed E-state index contributed by atoms with van der Waals surface area (Å²) in [5.41, 5.74) is 7.46. The number of hydrogen-bond donors (Lipinski definition) is 2. The van der Waals surface area contributed by atoms with Gasteiger partial charge in [-0.15, -0.1) is 11.3 Å². The molecule has 2 heterocycles. The molecule has 96 valence electrons. The van der Waals surface area contributed by atoms with Gasteiger partial charge in [-0.05, 0) is 13.8 Å². The minimum atomic E-state index is -0.733. The number of aryl methyl sites for hydroxylation is 3. The average molecular weight is 265 g/mol. The number of aromatic nitrogens is 3. The molecule has 2 aromatic heterocycles. The van der Waals surface area contributed by atoms with E-state index in [0.29, 0.717) is 10.7 Å². The van der Waals surface area contributed by atoms with Gasteiger partial charge in [0.25, 0.3) is 0 Å². The third-order valence-corrected chi connectivity index (χ3v) is 3.61. The van der Waals surface area contributed by atoms with Crippen LogP contribution in [0.5, 0.6) is 0 Å². The molecule has 0 aliphatic carbocycles. The normalized spacial score (nSPS) is 12.4. The first-order valence-corrected chi connectivity index (χ1v) is 6.28. The van der Waals surface area contributed by atoms with Crippen molar-refractivity contribution in [2.75, 3.05) is 5.32 Å². The molecule has 7 heteroatoms. The summed E-state index contributed by atoms with van der Waals surface area (Å²) in [7, 11) is 1.78. The van der Waals surface area contributed by atoms with Crippen LogP contribution in [-0.2, 0) is 11.8 Å². The molecule has 1 amide bonds. The lowest BCUT2D eigenvalue weighted by atomic mass is 10.1. The van der Waals surface area contributed by atoms with Crippen molar-refractivity contribution in [1.82, 2.24) is 14.8 Å². The molecule has 0 saturated heterocycles. The van der Waals surface area contributed by atoms with Crippen LogP contribution in [0.3, 0.4) is 0 Å². The fourth-order valence-corrected chi connectivity index (χ4v) is 2.28. The van der Waals surface area contributed by atoms with Crippen LogP contribution >= 0.6 is 11.3 Å². The summed E-state index contributed by atoms with van der Waals surface area (Å²) in [6, 6.07) is -0.733. The van der Waals surface area contributed by atoms with E-state index in [1.807, 2.05) is 13.8 Å². The van der Waals surface area contributed by atoms with Gasteiger partial charge in [-0.1, -0.05) is 0 Å². The van der Waals surface area contributed by atoms with Crippen molar-refractivity contribution in [2.45, 2.75) is 19.9 Å². The summed E-state index contributed by atoms with van der Waals surface area (Å²) in [6.45, 7) is 3.87. The standard InChI is InChI=1S/C11H15N5OS/c1-6-7(2)18-11(14-6)15-10(17)9(12)8-4-13-16(3)5-8/h4-5,9H,12H2,1-3H3,(H,14,15,17). The average Bonchev–Trinajstić information content (AvgIpc) is 2.85. The summed E-state index contributed by atoms with van der Waals surface area (Å²) >= 11 is 1.44. The molecule has 18 heavy (non-hydrogen) atoms. The number of nitrogens with zero attached hydrogens (tertiary/aromatic N) is 3. The Morgan fingerprint density at radius 3 is 2.78 bits per heavy atom. The lowest BCUT2D eigenvalue weighted by Gasteiger charge is -2.08. The molecule has 2 aromatic rings. The molecule has 1 atom stereocenters. The van der Waals surface area contributed by atoms with Gasteiger partial charge in [-0.3, -0.25) is 9.48 Å². The van der Waals surface area contributed by atoms with Crippen molar-refractivity contribution in [3.05, 3.63) is 28.5 Å². The Hall–Kier alpha value is -1.73. The van der Waals surface area contributed by atoms with Crippen molar-refractivity contribution in [1.29, 1.82) is 0 Å². The fraction of sp³-hybridized carbons (Fsp3) is 0.364. The van der Waals surface area contributed by atoms with E-state index in [-0.39, 0.29) is 5.91 Å². The highest BCUT2D eigenvalue weighted by Gasteiger charge is 2.18. The highest BCUT2D eigenvalue weighted by Crippen LogP contribution is 2.22. The lowest BCUT2D eigenvalue weighted by Crippen LogP contribution is -2.27. The number of nitrogens with one attached hydrogen (secondary N) is 1. The number of amides is 1. The van der Waals surface area contributed by atoms with Gasteiger partial charge in [-0.25, -0.2) is 4.98 Å². The number of thiazole rings is 1. The fourth-order valence-electron chi connectivity index (χ4n) is 1.46. The van der Waals surface area contributed by atoms with Crippen LogP contribution in [0.25, 0.3) is 0 Å². The predicted molar refractivity (Wildman–Crippen MR) is 70.4 cm³/mol. The van der Waals surface area contributed by atoms with Gasteiger partial charge in [0.1, 0.15) is 6.04 Å². The van der Waals surface area contributed by atoms with Crippen molar-refractivity contribution in [3.8, 4) is 0 Å². The Kier molecular flexibility index (Phi) is 3.44. The maximum atomic E-state index is 11.9. The topological polar surface area (TPSA) is 85.8 Å². The molecule has 0 bridgehead atoms. The third-order valence-electron chi connectivity index (χ3n) is 2.63. The first-order valence-electron chi connectivity index (χ1n) is 5.46. The second kappa shape index (κ2) is 4.87. The molecule has 0 spiro atoms. The van der Waals surface area contributed by atoms with E-state index in [1.165, 1.54) is 11.3 Å². The van der Waals surface area contributed by atoms with Crippen LogP contribution in [0, 0.1) is 13.8 Å². The number of rotatable bonds is 3. The molecule has 2 rings (SSSR count). The lowest BCUT2D eigenvalue weighted by molar-refractivity contribution is -0.117. The van der Waals surface area contributed by atoms with Gasteiger partial charge >= 0.3 is 0 Å². The zero-order chi connectivity index (χ0) is 13.3. The molecule has 0 aliphatic heterocycles. The number of nitrogens with two attached hydrogens (primary N) is 1. The smallest absolute Gasteiger partial charge is 0.247 e. The molecule has 6 nitrogen and oxygen atoms in total. The van der Waals surface area contributed by atoms with E-state index in [0.717, 1.165) is 10.6 Å². The van der Waals surface area contributed by atoms with E-state index in [4.69, 9.17) is 5.73 Å². The minimum Gasteiger partial charge on any atom is -0.316 e. The second-order valence-corrected chi connectivity index (χ2v) is 5.28. The monoisotopic (exact) mass is 265 g/mol. The Balaban J connectivity index is 2.08. The van der Waals surface area contributed by atoms with E-state index in [2.05, 4.69) is 15.4 Å². The molecule has 0 radical (unpaired) electrons. The summed E-state index contributed by atoms with van der Waals surface area (Å²) in [6.07, 6.45) is 3.31. The summed E-state index contributed by atoms with van der Waals surface area (Å²) in [5, 5.41) is 7.28. The van der Waals surface area contributed by atoms with Crippen LogP contribution < -0.4 is 11.1 Å². The molecule has 1 unspecified atom stereocenters. The molecule has 0 saturated carbocycles. The molecular formula is C11H15N5OS. The maximum absolute atomic E-state index is 11.9. The number of carbonyl (C=O) groups excluding carboxylic acids is 1. The molecule has 0 aromatic carbocycles. The maximum Gasteiger partial charge on any atom is 0.247 e. The Morgan fingerprint density at radius 2 is 2.28 bits per heavy atom. The molecule has 0 fully saturated rings. The van der Waals surface area contributed by atoms with E-state index < -0.39 is 6.04 Å². The van der Waals surface area contributed by atoms with Crippen molar-refractivity contribution in [2.24, 2.45) is 12.8 Å². The Bertz CT molecular complexity index is 554. The van der Waals surface area contributed by atoms with E-state index in [1.54, 1.807) is 24.1 Å². The van der Waals surface area contributed by atoms with Crippen LogP contribution in [0.2, 0.25) is 0 Å². The number of anilines is 1. The van der Waals surface area contributed by atoms with Crippen LogP contribution in [0.4, 0.5) is 5.13 Å². The summed E-state index contributed by atoms with van der Waals surface area (Å²) < 4.78 is 1.61. The second-order valence-electron chi connectivity index (χ2n) is 4.07. The number of carbonyl (C=O) groups is 1. The summed E-state index contributed by atoms with van der Waals surface area (Å²) in [4.78, 5) is 17.3. The quantitative estimate of drug-likeness (QED) is 0.871. The molecular weight excluding hydrogens is 250 g/mol. The van der Waals surface area contributed by atoms with Gasteiger partial charge in [0.05, 0.1) is 11.9 Å². The predicted octanol–water partition coefficient (Wildman–Crippen LogP) is 1.13. The van der Waals surface area contributed by atoms with Crippen molar-refractivity contribution in [3.63, 3.8) is 0 Å². The Morgan fingerprint density at radius 1 is 1.56 bits per heavy atom. The van der Waals surface area contributed by atoms with Gasteiger partial charge in [0, 0.05) is 23.7 Å². The first-order chi connectivity index (χ1) is 8.47. The SMILES string of the molecule is Cc1nc(NC(=O)C(N)c2cnn(C)c2)sc1C. The van der Waals surface area contributed by atoms with E-state index >= 15 is 0 Å². The van der Waals surface area contributed by atoms with Gasteiger partial charge in [-0.2, -0.15) is 5.10 Å². The zero-order valence-corrected chi connectivity index (χ0v) is 11.3. The minimum absolute atomic E-state index is 0.281. The molecule has 0 aliphatic rings. The first kappa shape index (κ1) is 12.7. The van der Waals surface area contributed by atoms with Crippen LogP contribution in [0.1, 0.15) is 22.2 Å². The third kappa shape index (κ3) is 2.57. The van der Waals surface area contributed by atoms with Crippen molar-refractivity contribution >= 4 is 22.4 Å². The highest BCUT2D eigenvalue weighted by molar-refractivity contribution is 7.15. The van der Waals surface area contributed by atoms with Gasteiger partial charge in [0.2, 0.25) is 5.91 Å². The highest BCUT2D eigenvalue weighted by atomic mass is 32.1. The van der Waals surface area contributed by atoms with Crippen LogP contribution in [-0.4, -0.2) is 20.7 Å². The van der Waals surface area contributed by atoms with Gasteiger partial charge in [0.15, 0.2) is 5.13 Å². The molecule has 3 N–H and O–H groups in total. The largest absolute Gasteiger partial charge is 0.316 e. The van der Waals surface area contributed by atoms with Crippen molar-refractivity contribution < 1.29 is 4.79 Å². The summed E-state index contributed by atoms with van der Waals surface area (Å²) in [5.74, 6) is -0.281.